The summed E-state index contributed by atoms with van der Waals surface area (Å²) in [6.45, 7) is 0. The standard InChI is InChI=1S/C12H10N2O2S/c1-15-9-3-2-7(8-4-5-17-12(8)9)10-6-11(13)14-16-10/h2-6H,1H3,(H2,13,14). The van der Waals surface area contributed by atoms with E-state index in [1.165, 1.54) is 0 Å². The van der Waals surface area contributed by atoms with Crippen LogP contribution in [0.1, 0.15) is 0 Å². The number of fused-ring (bicyclic) bond motifs is 1. The number of hydrogen-bond acceptors (Lipinski definition) is 5. The van der Waals surface area contributed by atoms with Crippen LogP contribution < -0.4 is 10.5 Å². The third-order valence-corrected chi connectivity index (χ3v) is 3.52. The second-order valence-electron chi connectivity index (χ2n) is 3.59. The van der Waals surface area contributed by atoms with Crippen molar-refractivity contribution in [3.63, 3.8) is 0 Å². The molecular weight excluding hydrogens is 236 g/mol. The molecule has 0 fully saturated rings. The van der Waals surface area contributed by atoms with Crippen LogP contribution in [0.15, 0.2) is 34.2 Å². The quantitative estimate of drug-likeness (QED) is 0.754. The second-order valence-corrected chi connectivity index (χ2v) is 4.51. The normalized spacial score (nSPS) is 10.9. The number of nitrogens with two attached hydrogens (primary N) is 1. The first kappa shape index (κ1) is 10.2. The maximum atomic E-state index is 5.56. The molecule has 3 aromatic rings. The van der Waals surface area contributed by atoms with Crippen LogP contribution in [0.4, 0.5) is 5.82 Å². The highest BCUT2D eigenvalue weighted by Gasteiger charge is 2.12. The highest BCUT2D eigenvalue weighted by Crippen LogP contribution is 2.38. The van der Waals surface area contributed by atoms with Gasteiger partial charge in [0.05, 0.1) is 11.8 Å². The van der Waals surface area contributed by atoms with Crippen molar-refractivity contribution in [3.8, 4) is 17.1 Å². The minimum atomic E-state index is 0.388. The van der Waals surface area contributed by atoms with Crippen molar-refractivity contribution in [1.29, 1.82) is 0 Å². The summed E-state index contributed by atoms with van der Waals surface area (Å²) in [5.74, 6) is 1.93. The van der Waals surface area contributed by atoms with Crippen LogP contribution in [0.2, 0.25) is 0 Å². The maximum absolute atomic E-state index is 5.56. The van der Waals surface area contributed by atoms with Gasteiger partial charge in [-0.15, -0.1) is 11.3 Å². The first-order valence-corrected chi connectivity index (χ1v) is 5.94. The molecule has 1 aromatic carbocycles. The Kier molecular flexibility index (Phi) is 2.26. The Labute approximate surface area is 102 Å². The first-order chi connectivity index (χ1) is 8.29. The number of benzene rings is 1. The van der Waals surface area contributed by atoms with Gasteiger partial charge in [-0.3, -0.25) is 0 Å². The Hall–Kier alpha value is -2.01. The SMILES string of the molecule is COc1ccc(-c2cc(N)no2)c2ccsc12. The molecule has 86 valence electrons. The van der Waals surface area contributed by atoms with Crippen LogP contribution in [0, 0.1) is 0 Å². The molecular formula is C12H10N2O2S. The number of nitrogens with zero attached hydrogens (tertiary/aromatic N) is 1. The summed E-state index contributed by atoms with van der Waals surface area (Å²) in [6, 6.07) is 7.64. The molecule has 0 bridgehead atoms. The topological polar surface area (TPSA) is 61.3 Å². The van der Waals surface area contributed by atoms with Crippen molar-refractivity contribution >= 4 is 27.2 Å². The molecule has 5 heteroatoms. The van der Waals surface area contributed by atoms with E-state index in [9.17, 15) is 0 Å². The van der Waals surface area contributed by atoms with Crippen LogP contribution in [0.25, 0.3) is 21.4 Å². The molecule has 4 nitrogen and oxygen atoms in total. The van der Waals surface area contributed by atoms with Gasteiger partial charge >= 0.3 is 0 Å². The lowest BCUT2D eigenvalue weighted by Gasteiger charge is -2.04. The summed E-state index contributed by atoms with van der Waals surface area (Å²) < 4.78 is 11.6. The molecule has 0 saturated carbocycles. The van der Waals surface area contributed by atoms with Gasteiger partial charge in [0.2, 0.25) is 0 Å². The Balaban J connectivity index is 2.27. The molecule has 3 rings (SSSR count). The van der Waals surface area contributed by atoms with Crippen molar-refractivity contribution in [2.45, 2.75) is 0 Å². The molecule has 0 amide bonds. The third-order valence-electron chi connectivity index (χ3n) is 2.59. The van der Waals surface area contributed by atoms with Crippen molar-refractivity contribution < 1.29 is 9.26 Å². The van der Waals surface area contributed by atoms with Gasteiger partial charge in [0, 0.05) is 17.0 Å². The second kappa shape index (κ2) is 3.78. The first-order valence-electron chi connectivity index (χ1n) is 5.06. The zero-order valence-corrected chi connectivity index (χ0v) is 9.95. The Morgan fingerprint density at radius 2 is 2.24 bits per heavy atom. The molecule has 0 aliphatic carbocycles. The summed E-state index contributed by atoms with van der Waals surface area (Å²) >= 11 is 1.64. The summed E-state index contributed by atoms with van der Waals surface area (Å²) in [4.78, 5) is 0. The molecule has 0 aliphatic rings. The van der Waals surface area contributed by atoms with Gasteiger partial charge in [-0.2, -0.15) is 0 Å². The van der Waals surface area contributed by atoms with Crippen LogP contribution in [-0.4, -0.2) is 12.3 Å². The smallest absolute Gasteiger partial charge is 0.169 e. The Bertz CT molecular complexity index is 672. The molecule has 2 N–H and O–H groups in total. The highest BCUT2D eigenvalue weighted by atomic mass is 32.1. The molecule has 2 aromatic heterocycles. The minimum absolute atomic E-state index is 0.388. The van der Waals surface area contributed by atoms with Gasteiger partial charge in [-0.05, 0) is 23.6 Å². The maximum Gasteiger partial charge on any atom is 0.169 e. The van der Waals surface area contributed by atoms with Crippen LogP contribution in [-0.2, 0) is 0 Å². The summed E-state index contributed by atoms with van der Waals surface area (Å²) in [6.07, 6.45) is 0. The van der Waals surface area contributed by atoms with Crippen LogP contribution in [0.3, 0.4) is 0 Å². The number of nitrogen functional groups attached to an aromatic ring is 1. The largest absolute Gasteiger partial charge is 0.495 e. The lowest BCUT2D eigenvalue weighted by Crippen LogP contribution is -1.84. The number of anilines is 1. The van der Waals surface area contributed by atoms with E-state index in [0.29, 0.717) is 11.6 Å². The molecule has 0 radical (unpaired) electrons. The molecule has 0 atom stereocenters. The third kappa shape index (κ3) is 1.55. The molecule has 0 saturated heterocycles. The van der Waals surface area contributed by atoms with Gasteiger partial charge in [-0.1, -0.05) is 5.16 Å². The number of rotatable bonds is 2. The van der Waals surface area contributed by atoms with Gasteiger partial charge in [0.1, 0.15) is 5.75 Å². The average molecular weight is 246 g/mol. The van der Waals surface area contributed by atoms with Crippen molar-refractivity contribution in [3.05, 3.63) is 29.6 Å². The number of methoxy groups -OCH3 is 1. The average Bonchev–Trinajstić information content (AvgIpc) is 2.96. The van der Waals surface area contributed by atoms with Gasteiger partial charge in [-0.25, -0.2) is 0 Å². The van der Waals surface area contributed by atoms with E-state index < -0.39 is 0 Å². The predicted octanol–water partition coefficient (Wildman–Crippen LogP) is 3.15. The summed E-state index contributed by atoms with van der Waals surface area (Å²) in [5.41, 5.74) is 6.54. The molecule has 0 spiro atoms. The van der Waals surface area contributed by atoms with Crippen LogP contribution in [0.5, 0.6) is 5.75 Å². The monoisotopic (exact) mass is 246 g/mol. The number of ether oxygens (including phenoxy) is 1. The fraction of sp³-hybridized carbons (Fsp3) is 0.0833. The van der Waals surface area contributed by atoms with Crippen molar-refractivity contribution in [2.75, 3.05) is 12.8 Å². The minimum Gasteiger partial charge on any atom is -0.495 e. The van der Waals surface area contributed by atoms with E-state index in [1.54, 1.807) is 24.5 Å². The Morgan fingerprint density at radius 3 is 2.94 bits per heavy atom. The highest BCUT2D eigenvalue weighted by molar-refractivity contribution is 7.17. The number of hydrogen-bond donors (Lipinski definition) is 1. The lowest BCUT2D eigenvalue weighted by atomic mass is 10.1. The molecule has 0 unspecified atom stereocenters. The van der Waals surface area contributed by atoms with E-state index in [-0.39, 0.29) is 0 Å². The van der Waals surface area contributed by atoms with E-state index in [0.717, 1.165) is 21.4 Å². The van der Waals surface area contributed by atoms with Gasteiger partial charge in [0.25, 0.3) is 0 Å². The zero-order valence-electron chi connectivity index (χ0n) is 9.14. The van der Waals surface area contributed by atoms with E-state index in [4.69, 9.17) is 15.0 Å². The molecule has 17 heavy (non-hydrogen) atoms. The van der Waals surface area contributed by atoms with E-state index >= 15 is 0 Å². The van der Waals surface area contributed by atoms with Crippen LogP contribution >= 0.6 is 11.3 Å². The Morgan fingerprint density at radius 1 is 1.35 bits per heavy atom. The molecule has 2 heterocycles. The number of thiophene rings is 1. The fourth-order valence-corrected chi connectivity index (χ4v) is 2.74. The summed E-state index contributed by atoms with van der Waals surface area (Å²) in [5, 5.41) is 6.81. The van der Waals surface area contributed by atoms with Gasteiger partial charge < -0.3 is 15.0 Å². The van der Waals surface area contributed by atoms with Crippen molar-refractivity contribution in [2.24, 2.45) is 0 Å². The summed E-state index contributed by atoms with van der Waals surface area (Å²) in [7, 11) is 1.67. The van der Waals surface area contributed by atoms with E-state index in [2.05, 4.69) is 5.16 Å². The van der Waals surface area contributed by atoms with Crippen molar-refractivity contribution in [1.82, 2.24) is 5.16 Å². The van der Waals surface area contributed by atoms with Gasteiger partial charge in [0.15, 0.2) is 11.6 Å². The lowest BCUT2D eigenvalue weighted by molar-refractivity contribution is 0.420. The number of aromatic nitrogens is 1. The van der Waals surface area contributed by atoms with E-state index in [1.807, 2.05) is 23.6 Å². The molecule has 0 aliphatic heterocycles. The fourth-order valence-electron chi connectivity index (χ4n) is 1.83. The zero-order chi connectivity index (χ0) is 11.8. The predicted molar refractivity (Wildman–Crippen MR) is 68.3 cm³/mol.